The van der Waals surface area contributed by atoms with Crippen molar-refractivity contribution in [3.05, 3.63) is 5.89 Å². The van der Waals surface area contributed by atoms with Crippen molar-refractivity contribution in [1.29, 1.82) is 0 Å². The highest BCUT2D eigenvalue weighted by Gasteiger charge is 1.92. The van der Waals surface area contributed by atoms with E-state index in [0.29, 0.717) is 5.89 Å². The molecule has 0 unspecified atom stereocenters. The summed E-state index contributed by atoms with van der Waals surface area (Å²) >= 11 is 4.49. The van der Waals surface area contributed by atoms with E-state index >= 15 is 0 Å². The van der Waals surface area contributed by atoms with E-state index in [1.165, 1.54) is 0 Å². The zero-order chi connectivity index (χ0) is 5.28. The van der Waals surface area contributed by atoms with E-state index in [2.05, 4.69) is 27.2 Å². The molecule has 3 nitrogen and oxygen atoms in total. The van der Waals surface area contributed by atoms with E-state index in [9.17, 15) is 0 Å². The second-order valence-electron chi connectivity index (χ2n) is 1.09. The lowest BCUT2D eigenvalue weighted by Gasteiger charge is -1.67. The van der Waals surface area contributed by atoms with E-state index < -0.39 is 0 Å². The van der Waals surface area contributed by atoms with Crippen LogP contribution in [0, 0.1) is 6.92 Å². The summed E-state index contributed by atoms with van der Waals surface area (Å²) < 4.78 is 4.68. The molecule has 0 atom stereocenters. The van der Waals surface area contributed by atoms with Crippen molar-refractivity contribution < 1.29 is 4.42 Å². The topological polar surface area (TPSA) is 38.9 Å². The Balaban J connectivity index is 3.04. The molecule has 1 aromatic heterocycles. The summed E-state index contributed by atoms with van der Waals surface area (Å²) in [5.41, 5.74) is 0. The zero-order valence-electron chi connectivity index (χ0n) is 3.71. The number of hydrogen-bond donors (Lipinski definition) is 0. The predicted octanol–water partition coefficient (Wildman–Crippen LogP) is 0.934. The van der Waals surface area contributed by atoms with Crippen molar-refractivity contribution in [2.24, 2.45) is 0 Å². The molecule has 4 heteroatoms. The van der Waals surface area contributed by atoms with Gasteiger partial charge in [-0.2, -0.15) is 0 Å². The normalized spacial score (nSPS) is 9.29. The van der Waals surface area contributed by atoms with Crippen LogP contribution in [0.25, 0.3) is 0 Å². The van der Waals surface area contributed by atoms with Gasteiger partial charge in [0, 0.05) is 6.92 Å². The van der Waals surface area contributed by atoms with Gasteiger partial charge in [0.1, 0.15) is 0 Å². The molecular weight excluding hydrogens is 112 g/mol. The van der Waals surface area contributed by atoms with Crippen LogP contribution >= 0.6 is 12.6 Å². The lowest BCUT2D eigenvalue weighted by molar-refractivity contribution is 0.431. The molecule has 0 N–H and O–H groups in total. The van der Waals surface area contributed by atoms with Gasteiger partial charge in [-0.1, -0.05) is 5.10 Å². The predicted molar refractivity (Wildman–Crippen MR) is 24.9 cm³/mol. The fourth-order valence-corrected chi connectivity index (χ4v) is 0.440. The number of aryl methyl sites for hydroxylation is 1. The largest absolute Gasteiger partial charge is 0.413 e. The minimum absolute atomic E-state index is 0.206. The van der Waals surface area contributed by atoms with E-state index in [1.807, 2.05) is 0 Å². The molecule has 1 heterocycles. The van der Waals surface area contributed by atoms with Gasteiger partial charge in [0.25, 0.3) is 0 Å². The molecule has 0 saturated carbocycles. The Labute approximate surface area is 46.2 Å². The van der Waals surface area contributed by atoms with Crippen LogP contribution in [0.15, 0.2) is 9.64 Å². The van der Waals surface area contributed by atoms with Crippen LogP contribution in [0.3, 0.4) is 0 Å². The third kappa shape index (κ3) is 0.866. The molecule has 0 spiro atoms. The maximum atomic E-state index is 4.68. The summed E-state index contributed by atoms with van der Waals surface area (Å²) in [5, 5.41) is 7.12. The number of hydrogen-bond acceptors (Lipinski definition) is 3. The van der Waals surface area contributed by atoms with Crippen molar-refractivity contribution in [3.8, 4) is 0 Å². The van der Waals surface area contributed by atoms with E-state index in [0.717, 1.165) is 0 Å². The Bertz CT molecular complexity index is 145. The van der Waals surface area contributed by atoms with Gasteiger partial charge in [-0.25, -0.2) is 0 Å². The smallest absolute Gasteiger partial charge is 0.309 e. The van der Waals surface area contributed by atoms with Gasteiger partial charge in [-0.05, 0) is 12.6 Å². The van der Waals surface area contributed by atoms with Crippen molar-refractivity contribution >= 4 is 12.6 Å². The highest BCUT2D eigenvalue weighted by molar-refractivity contribution is 7.80. The third-order valence-corrected chi connectivity index (χ3v) is 0.672. The van der Waals surface area contributed by atoms with Gasteiger partial charge in [0.05, 0.1) is 0 Å². The van der Waals surface area contributed by atoms with Crippen molar-refractivity contribution in [1.82, 2.24) is 10.2 Å². The second-order valence-corrected chi connectivity index (χ2v) is 1.44. The molecule has 1 radical (unpaired) electrons. The van der Waals surface area contributed by atoms with Gasteiger partial charge in [-0.15, -0.1) is 5.10 Å². The molecule has 7 heavy (non-hydrogen) atoms. The third-order valence-electron chi connectivity index (χ3n) is 0.507. The monoisotopic (exact) mass is 115 g/mol. The molecule has 0 aliphatic rings. The maximum absolute atomic E-state index is 4.68. The Morgan fingerprint density at radius 3 is 2.43 bits per heavy atom. The number of aromatic nitrogens is 2. The first kappa shape index (κ1) is 4.52. The molecule has 0 aromatic carbocycles. The fourth-order valence-electron chi connectivity index (χ4n) is 0.278. The van der Waals surface area contributed by atoms with Crippen LogP contribution in [0.1, 0.15) is 5.89 Å². The Morgan fingerprint density at radius 1 is 1.57 bits per heavy atom. The van der Waals surface area contributed by atoms with E-state index in [-0.39, 0.29) is 5.22 Å². The molecule has 0 amide bonds. The summed E-state index contributed by atoms with van der Waals surface area (Å²) in [4.78, 5) is 0. The average molecular weight is 115 g/mol. The highest BCUT2D eigenvalue weighted by atomic mass is 32.1. The molecule has 0 aliphatic heterocycles. The van der Waals surface area contributed by atoms with Crippen molar-refractivity contribution in [2.45, 2.75) is 12.1 Å². The van der Waals surface area contributed by atoms with Gasteiger partial charge in [0.15, 0.2) is 0 Å². The van der Waals surface area contributed by atoms with Gasteiger partial charge >= 0.3 is 5.22 Å². The standard InChI is InChI=1S/C3H3N2OS/c1-2-4-5-3(7)6-2/h1H3. The summed E-state index contributed by atoms with van der Waals surface area (Å²) in [6, 6.07) is 0. The minimum atomic E-state index is 0.206. The minimum Gasteiger partial charge on any atom is -0.413 e. The van der Waals surface area contributed by atoms with Crippen LogP contribution in [-0.4, -0.2) is 10.2 Å². The Hall–Kier alpha value is -0.640. The van der Waals surface area contributed by atoms with Gasteiger partial charge < -0.3 is 4.42 Å². The first-order valence-electron chi connectivity index (χ1n) is 1.76. The molecule has 0 bridgehead atoms. The molecule has 1 rings (SSSR count). The van der Waals surface area contributed by atoms with Crippen LogP contribution in [0.4, 0.5) is 0 Å². The zero-order valence-corrected chi connectivity index (χ0v) is 4.53. The Kier molecular flexibility index (Phi) is 0.941. The summed E-state index contributed by atoms with van der Waals surface area (Å²) in [6.07, 6.45) is 0. The van der Waals surface area contributed by atoms with Gasteiger partial charge in [-0.3, -0.25) is 0 Å². The fraction of sp³-hybridized carbons (Fsp3) is 0.333. The quantitative estimate of drug-likeness (QED) is 0.505. The highest BCUT2D eigenvalue weighted by Crippen LogP contribution is 1.99. The average Bonchev–Trinajstić information content (AvgIpc) is 1.87. The SMILES string of the molecule is Cc1nnc([S])o1. The van der Waals surface area contributed by atoms with E-state index in [1.54, 1.807) is 6.92 Å². The molecule has 1 aromatic rings. The van der Waals surface area contributed by atoms with Crippen LogP contribution in [0.5, 0.6) is 0 Å². The summed E-state index contributed by atoms with van der Waals surface area (Å²) in [5.74, 6) is 0.519. The van der Waals surface area contributed by atoms with Gasteiger partial charge in [0.2, 0.25) is 5.89 Å². The second kappa shape index (κ2) is 1.46. The summed E-state index contributed by atoms with van der Waals surface area (Å²) in [7, 11) is 0. The molecule has 0 fully saturated rings. The summed E-state index contributed by atoms with van der Waals surface area (Å²) in [6.45, 7) is 1.70. The van der Waals surface area contributed by atoms with E-state index in [4.69, 9.17) is 0 Å². The Morgan fingerprint density at radius 2 is 2.29 bits per heavy atom. The number of nitrogens with zero attached hydrogens (tertiary/aromatic N) is 2. The maximum Gasteiger partial charge on any atom is 0.309 e. The molecule has 37 valence electrons. The molecular formula is C3H3N2OS. The number of rotatable bonds is 0. The van der Waals surface area contributed by atoms with Crippen LogP contribution < -0.4 is 0 Å². The molecule has 0 aliphatic carbocycles. The first-order chi connectivity index (χ1) is 3.29. The van der Waals surface area contributed by atoms with Crippen molar-refractivity contribution in [2.75, 3.05) is 0 Å². The lowest BCUT2D eigenvalue weighted by atomic mass is 10.8. The lowest BCUT2D eigenvalue weighted by Crippen LogP contribution is -1.66. The van der Waals surface area contributed by atoms with Crippen LogP contribution in [0.2, 0.25) is 0 Å². The first-order valence-corrected chi connectivity index (χ1v) is 2.17. The van der Waals surface area contributed by atoms with Crippen molar-refractivity contribution in [3.63, 3.8) is 0 Å². The van der Waals surface area contributed by atoms with Crippen LogP contribution in [-0.2, 0) is 0 Å². The molecule has 0 saturated heterocycles.